The largest absolute Gasteiger partial charge is 0.493 e. The van der Waals surface area contributed by atoms with E-state index in [0.717, 1.165) is 4.88 Å². The van der Waals surface area contributed by atoms with Gasteiger partial charge in [-0.25, -0.2) is 4.39 Å². The van der Waals surface area contributed by atoms with E-state index in [4.69, 9.17) is 21.1 Å². The molecule has 0 spiro atoms. The number of methoxy groups -OCH3 is 2. The number of ether oxygens (including phenoxy) is 2. The molecule has 1 atom stereocenters. The third kappa shape index (κ3) is 2.90. The molecule has 0 amide bonds. The second kappa shape index (κ2) is 6.43. The lowest BCUT2D eigenvalue weighted by Crippen LogP contribution is -2.18. The van der Waals surface area contributed by atoms with E-state index in [9.17, 15) is 4.39 Å². The van der Waals surface area contributed by atoms with Gasteiger partial charge in [-0.05, 0) is 25.2 Å². The predicted octanol–water partition coefficient (Wildman–Crippen LogP) is 3.87. The van der Waals surface area contributed by atoms with Gasteiger partial charge >= 0.3 is 0 Å². The van der Waals surface area contributed by atoms with Crippen molar-refractivity contribution in [2.75, 3.05) is 21.3 Å². The Bertz CT molecular complexity index is 603. The molecule has 2 rings (SSSR count). The highest BCUT2D eigenvalue weighted by Crippen LogP contribution is 2.37. The van der Waals surface area contributed by atoms with E-state index in [2.05, 4.69) is 5.32 Å². The fourth-order valence-corrected chi connectivity index (χ4v) is 3.22. The standard InChI is InChI=1S/C14H15ClFNO2S/c1-17-14(12-4-5-13(15)20-12)8-6-10(18-2)11(19-3)7-9(8)16/h4-7,14,17H,1-3H3. The summed E-state index contributed by atoms with van der Waals surface area (Å²) in [5.41, 5.74) is 0.490. The van der Waals surface area contributed by atoms with Crippen LogP contribution in [0.3, 0.4) is 0 Å². The van der Waals surface area contributed by atoms with Crippen LogP contribution in [0.2, 0.25) is 4.34 Å². The third-order valence-corrected chi connectivity index (χ3v) is 4.28. The molecule has 0 radical (unpaired) electrons. The molecule has 0 aliphatic carbocycles. The van der Waals surface area contributed by atoms with Crippen LogP contribution in [0.4, 0.5) is 4.39 Å². The van der Waals surface area contributed by atoms with Crippen LogP contribution in [-0.2, 0) is 0 Å². The highest BCUT2D eigenvalue weighted by atomic mass is 35.5. The van der Waals surface area contributed by atoms with Crippen molar-refractivity contribution in [1.29, 1.82) is 0 Å². The number of thiophene rings is 1. The molecule has 1 heterocycles. The molecule has 3 nitrogen and oxygen atoms in total. The average Bonchev–Trinajstić information content (AvgIpc) is 2.87. The van der Waals surface area contributed by atoms with Gasteiger partial charge in [0, 0.05) is 16.5 Å². The van der Waals surface area contributed by atoms with Gasteiger partial charge in [-0.2, -0.15) is 0 Å². The molecule has 20 heavy (non-hydrogen) atoms. The van der Waals surface area contributed by atoms with Crippen molar-refractivity contribution in [2.24, 2.45) is 0 Å². The number of hydrogen-bond donors (Lipinski definition) is 1. The number of rotatable bonds is 5. The van der Waals surface area contributed by atoms with Crippen LogP contribution in [0, 0.1) is 5.82 Å². The molecule has 0 aliphatic heterocycles. The average molecular weight is 316 g/mol. The molecule has 2 aromatic rings. The lowest BCUT2D eigenvalue weighted by Gasteiger charge is -2.18. The summed E-state index contributed by atoms with van der Waals surface area (Å²) in [5, 5.41) is 3.09. The fourth-order valence-electron chi connectivity index (χ4n) is 2.03. The number of halogens is 2. The van der Waals surface area contributed by atoms with Crippen LogP contribution in [0.15, 0.2) is 24.3 Å². The molecular weight excluding hydrogens is 301 g/mol. The Balaban J connectivity index is 2.49. The first-order chi connectivity index (χ1) is 9.60. The van der Waals surface area contributed by atoms with Gasteiger partial charge in [0.2, 0.25) is 0 Å². The maximum Gasteiger partial charge on any atom is 0.163 e. The van der Waals surface area contributed by atoms with E-state index in [1.165, 1.54) is 31.6 Å². The van der Waals surface area contributed by atoms with Crippen molar-refractivity contribution in [2.45, 2.75) is 6.04 Å². The van der Waals surface area contributed by atoms with Gasteiger partial charge in [0.25, 0.3) is 0 Å². The summed E-state index contributed by atoms with van der Waals surface area (Å²) in [6.07, 6.45) is 0. The summed E-state index contributed by atoms with van der Waals surface area (Å²) < 4.78 is 25.3. The molecule has 1 N–H and O–H groups in total. The highest BCUT2D eigenvalue weighted by Gasteiger charge is 2.21. The predicted molar refractivity (Wildman–Crippen MR) is 79.7 cm³/mol. The first-order valence-electron chi connectivity index (χ1n) is 5.94. The second-order valence-corrected chi connectivity index (χ2v) is 5.84. The SMILES string of the molecule is CNC(c1ccc(Cl)s1)c1cc(OC)c(OC)cc1F. The summed E-state index contributed by atoms with van der Waals surface area (Å²) in [6.45, 7) is 0. The van der Waals surface area contributed by atoms with E-state index >= 15 is 0 Å². The van der Waals surface area contributed by atoms with Gasteiger partial charge in [-0.1, -0.05) is 11.6 Å². The van der Waals surface area contributed by atoms with E-state index in [-0.39, 0.29) is 11.9 Å². The maximum absolute atomic E-state index is 14.3. The normalized spacial score (nSPS) is 12.2. The molecule has 0 fully saturated rings. The van der Waals surface area contributed by atoms with Crippen molar-refractivity contribution >= 4 is 22.9 Å². The Kier molecular flexibility index (Phi) is 4.86. The van der Waals surface area contributed by atoms with E-state index in [0.29, 0.717) is 21.4 Å². The van der Waals surface area contributed by atoms with E-state index < -0.39 is 0 Å². The molecule has 0 saturated heterocycles. The van der Waals surface area contributed by atoms with Gasteiger partial charge in [0.15, 0.2) is 11.5 Å². The zero-order valence-electron chi connectivity index (χ0n) is 11.4. The molecular formula is C14H15ClFNO2S. The van der Waals surface area contributed by atoms with Gasteiger partial charge in [-0.3, -0.25) is 0 Å². The van der Waals surface area contributed by atoms with Crippen LogP contribution in [0.1, 0.15) is 16.5 Å². The Hall–Kier alpha value is -1.30. The van der Waals surface area contributed by atoms with E-state index in [1.807, 2.05) is 6.07 Å². The molecule has 1 aromatic carbocycles. The van der Waals surface area contributed by atoms with Gasteiger partial charge in [-0.15, -0.1) is 11.3 Å². The number of benzene rings is 1. The summed E-state index contributed by atoms with van der Waals surface area (Å²) in [7, 11) is 4.77. The monoisotopic (exact) mass is 315 g/mol. The van der Waals surface area contributed by atoms with Crippen LogP contribution in [0.5, 0.6) is 11.5 Å². The van der Waals surface area contributed by atoms with Crippen molar-refractivity contribution in [1.82, 2.24) is 5.32 Å². The summed E-state index contributed by atoms with van der Waals surface area (Å²) in [5.74, 6) is 0.506. The lowest BCUT2D eigenvalue weighted by molar-refractivity contribution is 0.351. The Morgan fingerprint density at radius 1 is 1.20 bits per heavy atom. The summed E-state index contributed by atoms with van der Waals surface area (Å²) in [6, 6.07) is 6.36. The zero-order valence-corrected chi connectivity index (χ0v) is 12.9. The second-order valence-electron chi connectivity index (χ2n) is 4.09. The van der Waals surface area contributed by atoms with Gasteiger partial charge in [0.05, 0.1) is 24.6 Å². The Morgan fingerprint density at radius 3 is 2.35 bits per heavy atom. The van der Waals surface area contributed by atoms with Crippen molar-refractivity contribution in [3.63, 3.8) is 0 Å². The first-order valence-corrected chi connectivity index (χ1v) is 7.14. The molecule has 1 unspecified atom stereocenters. The van der Waals surface area contributed by atoms with Crippen LogP contribution < -0.4 is 14.8 Å². The van der Waals surface area contributed by atoms with Crippen molar-refractivity contribution in [3.8, 4) is 11.5 Å². The Morgan fingerprint density at radius 2 is 1.85 bits per heavy atom. The molecule has 108 valence electrons. The van der Waals surface area contributed by atoms with Crippen LogP contribution >= 0.6 is 22.9 Å². The quantitative estimate of drug-likeness (QED) is 0.908. The molecule has 0 saturated carbocycles. The van der Waals surface area contributed by atoms with Gasteiger partial charge < -0.3 is 14.8 Å². The molecule has 0 bridgehead atoms. The zero-order chi connectivity index (χ0) is 14.7. The summed E-state index contributed by atoms with van der Waals surface area (Å²) in [4.78, 5) is 0.934. The molecule has 6 heteroatoms. The minimum absolute atomic E-state index is 0.285. The third-order valence-electron chi connectivity index (χ3n) is 2.98. The van der Waals surface area contributed by atoms with E-state index in [1.54, 1.807) is 19.2 Å². The van der Waals surface area contributed by atoms with Crippen molar-refractivity contribution < 1.29 is 13.9 Å². The number of hydrogen-bond acceptors (Lipinski definition) is 4. The van der Waals surface area contributed by atoms with Crippen LogP contribution in [-0.4, -0.2) is 21.3 Å². The highest BCUT2D eigenvalue weighted by molar-refractivity contribution is 7.16. The Labute approximate surface area is 126 Å². The van der Waals surface area contributed by atoms with Crippen molar-refractivity contribution in [3.05, 3.63) is 44.9 Å². The minimum atomic E-state index is -0.355. The first kappa shape index (κ1) is 15.1. The molecule has 1 aromatic heterocycles. The topological polar surface area (TPSA) is 30.5 Å². The van der Waals surface area contributed by atoms with Crippen LogP contribution in [0.25, 0.3) is 0 Å². The molecule has 0 aliphatic rings. The van der Waals surface area contributed by atoms with Gasteiger partial charge in [0.1, 0.15) is 5.82 Å². The smallest absolute Gasteiger partial charge is 0.163 e. The summed E-state index contributed by atoms with van der Waals surface area (Å²) >= 11 is 7.36. The number of nitrogens with one attached hydrogen (secondary N) is 1. The fraction of sp³-hybridized carbons (Fsp3) is 0.286. The minimum Gasteiger partial charge on any atom is -0.493 e. The lowest BCUT2D eigenvalue weighted by atomic mass is 10.0. The maximum atomic E-state index is 14.3.